The third-order valence-electron chi connectivity index (χ3n) is 4.29. The number of imide groups is 1. The van der Waals surface area contributed by atoms with E-state index in [1.54, 1.807) is 39.8 Å². The van der Waals surface area contributed by atoms with Crippen molar-refractivity contribution in [3.05, 3.63) is 24.8 Å². The SMILES string of the molecule is C=C[C@@H]1C[C@H](/C=C/C(=O)OCC)[C@@H]2[C@H]1C(=O)N2C(=O)OC(C)(C)C. The summed E-state index contributed by atoms with van der Waals surface area (Å²) >= 11 is 0. The van der Waals surface area contributed by atoms with Gasteiger partial charge in [0.25, 0.3) is 0 Å². The van der Waals surface area contributed by atoms with Crippen molar-refractivity contribution < 1.29 is 23.9 Å². The van der Waals surface area contributed by atoms with Gasteiger partial charge in [-0.15, -0.1) is 6.58 Å². The molecule has 1 aliphatic carbocycles. The molecular weight excluding hydrogens is 310 g/mol. The summed E-state index contributed by atoms with van der Waals surface area (Å²) in [4.78, 5) is 37.4. The molecule has 1 saturated carbocycles. The van der Waals surface area contributed by atoms with Gasteiger partial charge in [-0.25, -0.2) is 14.5 Å². The predicted octanol–water partition coefficient (Wildman–Crippen LogP) is 2.69. The van der Waals surface area contributed by atoms with E-state index in [2.05, 4.69) is 6.58 Å². The Morgan fingerprint density at radius 1 is 1.33 bits per heavy atom. The van der Waals surface area contributed by atoms with E-state index < -0.39 is 17.7 Å². The smallest absolute Gasteiger partial charge is 0.417 e. The van der Waals surface area contributed by atoms with Gasteiger partial charge in [0.2, 0.25) is 5.91 Å². The molecule has 0 aromatic rings. The molecule has 4 atom stereocenters. The lowest BCUT2D eigenvalue weighted by molar-refractivity contribution is -0.154. The number of hydrogen-bond donors (Lipinski definition) is 0. The summed E-state index contributed by atoms with van der Waals surface area (Å²) in [7, 11) is 0. The van der Waals surface area contributed by atoms with Crippen LogP contribution in [0.25, 0.3) is 0 Å². The molecule has 0 radical (unpaired) electrons. The van der Waals surface area contributed by atoms with Crippen molar-refractivity contribution in [1.82, 2.24) is 4.90 Å². The van der Waals surface area contributed by atoms with E-state index in [9.17, 15) is 14.4 Å². The molecule has 1 heterocycles. The largest absolute Gasteiger partial charge is 0.463 e. The Morgan fingerprint density at radius 3 is 2.54 bits per heavy atom. The van der Waals surface area contributed by atoms with Crippen molar-refractivity contribution in [2.45, 2.75) is 45.8 Å². The summed E-state index contributed by atoms with van der Waals surface area (Å²) in [6.07, 6.45) is 4.88. The van der Waals surface area contributed by atoms with Crippen molar-refractivity contribution in [2.24, 2.45) is 17.8 Å². The number of carbonyl (C=O) groups excluding carboxylic acids is 3. The zero-order valence-electron chi connectivity index (χ0n) is 14.7. The van der Waals surface area contributed by atoms with Crippen LogP contribution < -0.4 is 0 Å². The number of likely N-dealkylation sites (tertiary alicyclic amines) is 1. The Kier molecular flexibility index (Phi) is 5.16. The summed E-state index contributed by atoms with van der Waals surface area (Å²) in [5.74, 6) is -1.03. The highest BCUT2D eigenvalue weighted by Gasteiger charge is 2.61. The molecule has 2 fully saturated rings. The van der Waals surface area contributed by atoms with Crippen molar-refractivity contribution in [3.63, 3.8) is 0 Å². The maximum Gasteiger partial charge on any atom is 0.417 e. The van der Waals surface area contributed by atoms with Gasteiger partial charge in [0.15, 0.2) is 0 Å². The molecule has 1 aliphatic heterocycles. The lowest BCUT2D eigenvalue weighted by Crippen LogP contribution is -2.64. The third kappa shape index (κ3) is 3.52. The zero-order valence-corrected chi connectivity index (χ0v) is 14.7. The Labute approximate surface area is 142 Å². The summed E-state index contributed by atoms with van der Waals surface area (Å²) in [6, 6.07) is -0.291. The molecule has 0 aromatic carbocycles. The Bertz CT molecular complexity index is 574. The van der Waals surface area contributed by atoms with Crippen molar-refractivity contribution in [1.29, 1.82) is 0 Å². The molecular formula is C18H25NO5. The fourth-order valence-corrected chi connectivity index (χ4v) is 3.38. The fourth-order valence-electron chi connectivity index (χ4n) is 3.38. The van der Waals surface area contributed by atoms with Crippen LogP contribution in [-0.4, -0.2) is 41.1 Å². The van der Waals surface area contributed by atoms with Gasteiger partial charge >= 0.3 is 12.1 Å². The van der Waals surface area contributed by atoms with Gasteiger partial charge in [-0.05, 0) is 46.0 Å². The lowest BCUT2D eigenvalue weighted by Gasteiger charge is -2.44. The van der Waals surface area contributed by atoms with Crippen LogP contribution in [0.5, 0.6) is 0 Å². The second-order valence-corrected chi connectivity index (χ2v) is 7.12. The molecule has 6 heteroatoms. The van der Waals surface area contributed by atoms with Crippen LogP contribution in [0.2, 0.25) is 0 Å². The van der Waals surface area contributed by atoms with Gasteiger partial charge < -0.3 is 9.47 Å². The molecule has 0 bridgehead atoms. The van der Waals surface area contributed by atoms with Crippen molar-refractivity contribution >= 4 is 18.0 Å². The van der Waals surface area contributed by atoms with Gasteiger partial charge in [0.05, 0.1) is 18.6 Å². The number of ether oxygens (including phenoxy) is 2. The highest BCUT2D eigenvalue weighted by atomic mass is 16.6. The number of rotatable bonds is 4. The number of carbonyl (C=O) groups is 3. The van der Waals surface area contributed by atoms with Crippen LogP contribution in [0.3, 0.4) is 0 Å². The van der Waals surface area contributed by atoms with E-state index in [1.807, 2.05) is 0 Å². The number of hydrogen-bond acceptors (Lipinski definition) is 5. The van der Waals surface area contributed by atoms with Gasteiger partial charge in [-0.2, -0.15) is 0 Å². The first kappa shape index (κ1) is 18.2. The minimum atomic E-state index is -0.671. The van der Waals surface area contributed by atoms with E-state index in [1.165, 1.54) is 11.0 Å². The average Bonchev–Trinajstić information content (AvgIpc) is 2.77. The number of amides is 2. The first-order valence-corrected chi connectivity index (χ1v) is 8.23. The summed E-state index contributed by atoms with van der Waals surface area (Å²) < 4.78 is 10.2. The van der Waals surface area contributed by atoms with Crippen LogP contribution in [0.15, 0.2) is 24.8 Å². The molecule has 132 valence electrons. The minimum Gasteiger partial charge on any atom is -0.463 e. The molecule has 1 saturated heterocycles. The summed E-state index contributed by atoms with van der Waals surface area (Å²) in [6.45, 7) is 11.1. The van der Waals surface area contributed by atoms with Crippen molar-refractivity contribution in [3.8, 4) is 0 Å². The highest BCUT2D eigenvalue weighted by Crippen LogP contribution is 2.49. The average molecular weight is 335 g/mol. The van der Waals surface area contributed by atoms with Gasteiger partial charge in [0, 0.05) is 6.08 Å². The number of fused-ring (bicyclic) bond motifs is 1. The van der Waals surface area contributed by atoms with Crippen LogP contribution in [0.1, 0.15) is 34.1 Å². The van der Waals surface area contributed by atoms with E-state index in [0.29, 0.717) is 13.0 Å². The number of nitrogens with zero attached hydrogens (tertiary/aromatic N) is 1. The third-order valence-corrected chi connectivity index (χ3v) is 4.29. The molecule has 0 spiro atoms. The first-order valence-electron chi connectivity index (χ1n) is 8.23. The second-order valence-electron chi connectivity index (χ2n) is 7.12. The molecule has 6 nitrogen and oxygen atoms in total. The van der Waals surface area contributed by atoms with Gasteiger partial charge in [-0.3, -0.25) is 4.79 Å². The monoisotopic (exact) mass is 335 g/mol. The maximum atomic E-state index is 12.4. The first-order chi connectivity index (χ1) is 11.2. The molecule has 2 amide bonds. The van der Waals surface area contributed by atoms with Crippen LogP contribution >= 0.6 is 0 Å². The summed E-state index contributed by atoms with van der Waals surface area (Å²) in [5.41, 5.74) is -0.671. The molecule has 2 aliphatic rings. The van der Waals surface area contributed by atoms with E-state index >= 15 is 0 Å². The fraction of sp³-hybridized carbons (Fsp3) is 0.611. The Balaban J connectivity index is 2.16. The van der Waals surface area contributed by atoms with Gasteiger partial charge in [-0.1, -0.05) is 12.2 Å². The minimum absolute atomic E-state index is 0.00182. The Morgan fingerprint density at radius 2 is 2.00 bits per heavy atom. The number of esters is 1. The maximum absolute atomic E-state index is 12.4. The van der Waals surface area contributed by atoms with E-state index in [4.69, 9.17) is 9.47 Å². The molecule has 2 rings (SSSR count). The molecule has 0 N–H and O–H groups in total. The zero-order chi connectivity index (χ0) is 18.1. The standard InChI is InChI=1S/C18H25NO5/c1-6-11-10-12(8-9-13(20)23-7-2)15-14(11)16(21)19(15)17(22)24-18(3,4)5/h6,8-9,11-12,14-15H,1,7,10H2,2-5H3/b9-8+/t11-,12+,14+,15-/m1/s1. The topological polar surface area (TPSA) is 72.9 Å². The lowest BCUT2D eigenvalue weighted by atomic mass is 9.83. The van der Waals surface area contributed by atoms with Crippen LogP contribution in [0.4, 0.5) is 4.79 Å². The molecule has 0 unspecified atom stereocenters. The molecule has 0 aromatic heterocycles. The quantitative estimate of drug-likeness (QED) is 0.342. The number of allylic oxidation sites excluding steroid dienone is 1. The van der Waals surface area contributed by atoms with Gasteiger partial charge in [0.1, 0.15) is 5.60 Å². The Hall–Kier alpha value is -2.11. The highest BCUT2D eigenvalue weighted by molar-refractivity contribution is 6.00. The van der Waals surface area contributed by atoms with E-state index in [-0.39, 0.29) is 29.7 Å². The normalized spacial score (nSPS) is 29.2. The van der Waals surface area contributed by atoms with Crippen molar-refractivity contribution in [2.75, 3.05) is 6.61 Å². The number of β-lactam (4-membered cyclic amide) rings is 1. The summed E-state index contributed by atoms with van der Waals surface area (Å²) in [5, 5.41) is 0. The van der Waals surface area contributed by atoms with Crippen LogP contribution in [0, 0.1) is 17.8 Å². The van der Waals surface area contributed by atoms with E-state index in [0.717, 1.165) is 0 Å². The second kappa shape index (κ2) is 6.79. The predicted molar refractivity (Wildman–Crippen MR) is 87.9 cm³/mol. The van der Waals surface area contributed by atoms with Crippen LogP contribution in [-0.2, 0) is 19.1 Å². The molecule has 24 heavy (non-hydrogen) atoms.